The van der Waals surface area contributed by atoms with Crippen molar-refractivity contribution in [2.24, 2.45) is 0 Å². The van der Waals surface area contributed by atoms with Gasteiger partial charge >= 0.3 is 0 Å². The normalized spacial score (nSPS) is 18.8. The summed E-state index contributed by atoms with van der Waals surface area (Å²) < 4.78 is 5.63. The Hall–Kier alpha value is -0.910. The van der Waals surface area contributed by atoms with Gasteiger partial charge in [0.2, 0.25) is 5.28 Å². The van der Waals surface area contributed by atoms with Crippen molar-refractivity contribution in [3.63, 3.8) is 0 Å². The second kappa shape index (κ2) is 6.24. The monoisotopic (exact) mass is 311 g/mol. The summed E-state index contributed by atoms with van der Waals surface area (Å²) in [4.78, 5) is 10.9. The van der Waals surface area contributed by atoms with Gasteiger partial charge in [0.15, 0.2) is 0 Å². The molecule has 1 unspecified atom stereocenters. The maximum atomic E-state index is 6.00. The van der Waals surface area contributed by atoms with Crippen molar-refractivity contribution in [2.45, 2.75) is 38.7 Å². The van der Waals surface area contributed by atoms with E-state index in [0.717, 1.165) is 42.0 Å². The highest BCUT2D eigenvalue weighted by Crippen LogP contribution is 2.30. The zero-order chi connectivity index (χ0) is 13.9. The number of rotatable bonds is 5. The lowest BCUT2D eigenvalue weighted by atomic mass is 10.2. The minimum atomic E-state index is 0.307. The lowest BCUT2D eigenvalue weighted by Gasteiger charge is -2.11. The number of aromatic nitrogens is 2. The maximum absolute atomic E-state index is 6.00. The molecule has 1 aliphatic heterocycles. The van der Waals surface area contributed by atoms with Crippen LogP contribution in [0.4, 0.5) is 5.82 Å². The SMILES string of the molecule is CCc1cc2c(NCCC3CCCO3)nc(Cl)nc2s1. The zero-order valence-corrected chi connectivity index (χ0v) is 13.1. The molecular weight excluding hydrogens is 294 g/mol. The van der Waals surface area contributed by atoms with Crippen LogP contribution in [0.3, 0.4) is 0 Å². The summed E-state index contributed by atoms with van der Waals surface area (Å²) in [6.45, 7) is 3.90. The number of fused-ring (bicyclic) bond motifs is 1. The maximum Gasteiger partial charge on any atom is 0.225 e. The minimum Gasteiger partial charge on any atom is -0.378 e. The standard InChI is InChI=1S/C14H18ClN3OS/c1-2-10-8-11-12(17-14(15)18-13(11)20-10)16-6-5-9-4-3-7-19-9/h8-9H,2-7H2,1H3,(H,16,17,18). The van der Waals surface area contributed by atoms with Crippen molar-refractivity contribution in [3.05, 3.63) is 16.2 Å². The Kier molecular flexibility index (Phi) is 4.38. The number of nitrogens with zero attached hydrogens (tertiary/aromatic N) is 2. The lowest BCUT2D eigenvalue weighted by Crippen LogP contribution is -2.13. The Morgan fingerprint density at radius 1 is 1.50 bits per heavy atom. The van der Waals surface area contributed by atoms with Gasteiger partial charge in [-0.25, -0.2) is 9.97 Å². The average Bonchev–Trinajstić information content (AvgIpc) is 3.06. The molecule has 2 aromatic rings. The topological polar surface area (TPSA) is 47.0 Å². The molecule has 4 nitrogen and oxygen atoms in total. The number of ether oxygens (including phenoxy) is 1. The molecule has 0 spiro atoms. The first-order valence-electron chi connectivity index (χ1n) is 7.07. The first kappa shape index (κ1) is 14.0. The fourth-order valence-corrected chi connectivity index (χ4v) is 3.66. The van der Waals surface area contributed by atoms with E-state index in [1.165, 1.54) is 17.7 Å². The second-order valence-electron chi connectivity index (χ2n) is 4.98. The van der Waals surface area contributed by atoms with Crippen LogP contribution in [-0.4, -0.2) is 29.2 Å². The van der Waals surface area contributed by atoms with Crippen LogP contribution in [0.15, 0.2) is 6.07 Å². The van der Waals surface area contributed by atoms with Crippen LogP contribution in [0.1, 0.15) is 31.1 Å². The number of hydrogen-bond acceptors (Lipinski definition) is 5. The van der Waals surface area contributed by atoms with Gasteiger partial charge in [0.05, 0.1) is 11.5 Å². The highest BCUT2D eigenvalue weighted by Gasteiger charge is 2.15. The molecule has 0 bridgehead atoms. The molecule has 1 fully saturated rings. The van der Waals surface area contributed by atoms with Crippen molar-refractivity contribution in [2.75, 3.05) is 18.5 Å². The molecule has 1 aliphatic rings. The third kappa shape index (κ3) is 3.05. The lowest BCUT2D eigenvalue weighted by molar-refractivity contribution is 0.107. The number of aryl methyl sites for hydroxylation is 1. The van der Waals surface area contributed by atoms with E-state index in [9.17, 15) is 0 Å². The smallest absolute Gasteiger partial charge is 0.225 e. The Bertz CT molecular complexity index is 595. The molecule has 0 radical (unpaired) electrons. The number of nitrogens with one attached hydrogen (secondary N) is 1. The first-order valence-corrected chi connectivity index (χ1v) is 8.27. The van der Waals surface area contributed by atoms with Gasteiger partial charge in [0.1, 0.15) is 10.6 Å². The molecule has 3 heterocycles. The summed E-state index contributed by atoms with van der Waals surface area (Å²) in [5, 5.41) is 4.76. The summed E-state index contributed by atoms with van der Waals surface area (Å²) in [5.74, 6) is 0.842. The molecule has 0 saturated carbocycles. The molecule has 0 amide bonds. The van der Waals surface area contributed by atoms with Crippen molar-refractivity contribution < 1.29 is 4.74 Å². The Morgan fingerprint density at radius 3 is 3.15 bits per heavy atom. The fourth-order valence-electron chi connectivity index (χ4n) is 2.48. The summed E-state index contributed by atoms with van der Waals surface area (Å²) in [6.07, 6.45) is 4.75. The molecule has 1 atom stereocenters. The largest absolute Gasteiger partial charge is 0.378 e. The molecule has 2 aromatic heterocycles. The van der Waals surface area contributed by atoms with Crippen LogP contribution < -0.4 is 5.32 Å². The third-order valence-corrected chi connectivity index (χ3v) is 4.89. The summed E-state index contributed by atoms with van der Waals surface area (Å²) in [5.41, 5.74) is 0. The third-order valence-electron chi connectivity index (χ3n) is 3.55. The van der Waals surface area contributed by atoms with Crippen molar-refractivity contribution >= 4 is 39.0 Å². The average molecular weight is 312 g/mol. The van der Waals surface area contributed by atoms with E-state index in [1.54, 1.807) is 11.3 Å². The van der Waals surface area contributed by atoms with Crippen molar-refractivity contribution in [1.29, 1.82) is 0 Å². The molecule has 0 aromatic carbocycles. The van der Waals surface area contributed by atoms with E-state index in [0.29, 0.717) is 11.4 Å². The van der Waals surface area contributed by atoms with Crippen LogP contribution in [-0.2, 0) is 11.2 Å². The van der Waals surface area contributed by atoms with E-state index in [2.05, 4.69) is 28.3 Å². The number of halogens is 1. The van der Waals surface area contributed by atoms with E-state index in [-0.39, 0.29) is 0 Å². The van der Waals surface area contributed by atoms with Crippen LogP contribution >= 0.6 is 22.9 Å². The van der Waals surface area contributed by atoms with Gasteiger partial charge in [-0.3, -0.25) is 0 Å². The van der Waals surface area contributed by atoms with Crippen LogP contribution in [0.2, 0.25) is 5.28 Å². The van der Waals surface area contributed by atoms with E-state index < -0.39 is 0 Å². The Labute approximate surface area is 127 Å². The minimum absolute atomic E-state index is 0.307. The molecule has 20 heavy (non-hydrogen) atoms. The number of thiophene rings is 1. The van der Waals surface area contributed by atoms with E-state index in [4.69, 9.17) is 16.3 Å². The fraction of sp³-hybridized carbons (Fsp3) is 0.571. The number of hydrogen-bond donors (Lipinski definition) is 1. The predicted molar refractivity (Wildman–Crippen MR) is 83.9 cm³/mol. The second-order valence-corrected chi connectivity index (χ2v) is 6.43. The molecule has 1 N–H and O–H groups in total. The van der Waals surface area contributed by atoms with Crippen LogP contribution in [0.25, 0.3) is 10.2 Å². The van der Waals surface area contributed by atoms with Gasteiger partial charge in [0.25, 0.3) is 0 Å². The van der Waals surface area contributed by atoms with Crippen molar-refractivity contribution in [3.8, 4) is 0 Å². The Balaban J connectivity index is 1.73. The van der Waals surface area contributed by atoms with E-state index >= 15 is 0 Å². The first-order chi connectivity index (χ1) is 9.76. The molecule has 108 valence electrons. The molecule has 1 saturated heterocycles. The molecule has 6 heteroatoms. The molecule has 3 rings (SSSR count). The van der Waals surface area contributed by atoms with Gasteiger partial charge in [-0.1, -0.05) is 6.92 Å². The quantitative estimate of drug-likeness (QED) is 0.851. The van der Waals surface area contributed by atoms with Gasteiger partial charge in [-0.15, -0.1) is 11.3 Å². The van der Waals surface area contributed by atoms with Gasteiger partial charge in [0, 0.05) is 18.0 Å². The van der Waals surface area contributed by atoms with Gasteiger partial charge in [-0.2, -0.15) is 0 Å². The van der Waals surface area contributed by atoms with Gasteiger partial charge in [-0.05, 0) is 43.4 Å². The van der Waals surface area contributed by atoms with Gasteiger partial charge < -0.3 is 10.1 Å². The Morgan fingerprint density at radius 2 is 2.40 bits per heavy atom. The molecule has 0 aliphatic carbocycles. The summed E-state index contributed by atoms with van der Waals surface area (Å²) in [7, 11) is 0. The molecular formula is C14H18ClN3OS. The highest BCUT2D eigenvalue weighted by atomic mass is 35.5. The van der Waals surface area contributed by atoms with Crippen molar-refractivity contribution in [1.82, 2.24) is 9.97 Å². The zero-order valence-electron chi connectivity index (χ0n) is 11.5. The highest BCUT2D eigenvalue weighted by molar-refractivity contribution is 7.18. The summed E-state index contributed by atoms with van der Waals surface area (Å²) in [6, 6.07) is 2.16. The number of anilines is 1. The van der Waals surface area contributed by atoms with Crippen LogP contribution in [0, 0.1) is 0 Å². The van der Waals surface area contributed by atoms with Crippen LogP contribution in [0.5, 0.6) is 0 Å². The predicted octanol–water partition coefficient (Wildman–Crippen LogP) is 3.89. The summed E-state index contributed by atoms with van der Waals surface area (Å²) >= 11 is 7.69. The van der Waals surface area contributed by atoms with E-state index in [1.807, 2.05) is 0 Å².